The normalized spacial score (nSPS) is 10.3. The third-order valence-corrected chi connectivity index (χ3v) is 3.05. The second-order valence-corrected chi connectivity index (χ2v) is 5.19. The van der Waals surface area contributed by atoms with Crippen LogP contribution in [0.1, 0.15) is 10.5 Å². The minimum absolute atomic E-state index is 0.188. The van der Waals surface area contributed by atoms with Crippen LogP contribution in [0.4, 0.5) is 11.5 Å². The first-order valence-corrected chi connectivity index (χ1v) is 7.16. The third-order valence-electron chi connectivity index (χ3n) is 2.62. The van der Waals surface area contributed by atoms with Gasteiger partial charge in [0.2, 0.25) is 0 Å². The number of methoxy groups -OCH3 is 1. The number of halogens is 2. The molecule has 0 aliphatic carbocycles. The molecule has 0 fully saturated rings. The van der Waals surface area contributed by atoms with E-state index in [1.807, 2.05) is 0 Å². The van der Waals surface area contributed by atoms with Crippen LogP contribution in [0, 0.1) is 0 Å². The lowest BCUT2D eigenvalue weighted by atomic mass is 10.3. The summed E-state index contributed by atoms with van der Waals surface area (Å²) in [6, 6.07) is 4.78. The fourth-order valence-corrected chi connectivity index (χ4v) is 2.16. The van der Waals surface area contributed by atoms with E-state index < -0.39 is 5.91 Å². The van der Waals surface area contributed by atoms with Gasteiger partial charge in [-0.2, -0.15) is 0 Å². The summed E-state index contributed by atoms with van der Waals surface area (Å²) in [7, 11) is 1.61. The molecule has 1 aromatic heterocycles. The molecule has 0 spiro atoms. The highest BCUT2D eigenvalue weighted by molar-refractivity contribution is 6.35. The van der Waals surface area contributed by atoms with Crippen LogP contribution in [0.5, 0.6) is 0 Å². The van der Waals surface area contributed by atoms with Crippen molar-refractivity contribution in [3.8, 4) is 0 Å². The Kier molecular flexibility index (Phi) is 5.94. The molecule has 116 valence electrons. The minimum atomic E-state index is -0.394. The maximum Gasteiger partial charge on any atom is 0.275 e. The molecule has 0 saturated heterocycles. The monoisotopic (exact) mass is 340 g/mol. The highest BCUT2D eigenvalue weighted by atomic mass is 35.5. The quantitative estimate of drug-likeness (QED) is 0.790. The van der Waals surface area contributed by atoms with E-state index in [-0.39, 0.29) is 5.69 Å². The van der Waals surface area contributed by atoms with Crippen molar-refractivity contribution < 1.29 is 9.53 Å². The molecule has 8 heteroatoms. The summed E-state index contributed by atoms with van der Waals surface area (Å²) >= 11 is 11.8. The molecule has 0 saturated carbocycles. The smallest absolute Gasteiger partial charge is 0.275 e. The number of hydrogen-bond donors (Lipinski definition) is 2. The van der Waals surface area contributed by atoms with E-state index in [0.717, 1.165) is 0 Å². The van der Waals surface area contributed by atoms with Crippen molar-refractivity contribution in [1.29, 1.82) is 0 Å². The number of carbonyl (C=O) groups excluding carboxylic acids is 1. The van der Waals surface area contributed by atoms with Crippen molar-refractivity contribution in [1.82, 2.24) is 9.97 Å². The molecule has 1 aromatic carbocycles. The Hall–Kier alpha value is -1.89. The molecule has 0 aliphatic rings. The van der Waals surface area contributed by atoms with Gasteiger partial charge in [0.05, 0.1) is 19.0 Å². The number of rotatable bonds is 6. The molecule has 0 aliphatic heterocycles. The second kappa shape index (κ2) is 7.93. The molecule has 22 heavy (non-hydrogen) atoms. The number of nitrogens with one attached hydrogen (secondary N) is 2. The van der Waals surface area contributed by atoms with Crippen molar-refractivity contribution in [2.75, 3.05) is 30.9 Å². The van der Waals surface area contributed by atoms with Crippen LogP contribution in [0.25, 0.3) is 0 Å². The van der Waals surface area contributed by atoms with Crippen LogP contribution < -0.4 is 10.6 Å². The molecule has 0 unspecified atom stereocenters. The fourth-order valence-electron chi connectivity index (χ4n) is 1.64. The largest absolute Gasteiger partial charge is 0.383 e. The molecular formula is C14H14Cl2N4O2. The predicted octanol–water partition coefficient (Wildman–Crippen LogP) is 3.09. The van der Waals surface area contributed by atoms with Gasteiger partial charge in [-0.1, -0.05) is 23.2 Å². The number of aromatic nitrogens is 2. The molecule has 2 N–H and O–H groups in total. The van der Waals surface area contributed by atoms with E-state index in [0.29, 0.717) is 34.7 Å². The molecule has 0 radical (unpaired) electrons. The Morgan fingerprint density at radius 3 is 2.50 bits per heavy atom. The Bertz CT molecular complexity index is 630. The average Bonchev–Trinajstić information content (AvgIpc) is 2.47. The number of amides is 1. The molecule has 0 atom stereocenters. The lowest BCUT2D eigenvalue weighted by Gasteiger charge is -2.07. The lowest BCUT2D eigenvalue weighted by Crippen LogP contribution is -2.15. The van der Waals surface area contributed by atoms with Crippen LogP contribution in [0.3, 0.4) is 0 Å². The summed E-state index contributed by atoms with van der Waals surface area (Å²) in [5, 5.41) is 6.55. The SMILES string of the molecule is COCCNc1cnc(C(=O)Nc2cc(Cl)cc(Cl)c2)cn1. The van der Waals surface area contributed by atoms with Crippen LogP contribution in [-0.2, 0) is 4.74 Å². The van der Waals surface area contributed by atoms with Crippen molar-refractivity contribution in [2.45, 2.75) is 0 Å². The van der Waals surface area contributed by atoms with Crippen molar-refractivity contribution in [3.05, 3.63) is 46.3 Å². The summed E-state index contributed by atoms with van der Waals surface area (Å²) < 4.78 is 4.91. The molecule has 2 aromatic rings. The number of hydrogen-bond acceptors (Lipinski definition) is 5. The molecule has 1 amide bonds. The fraction of sp³-hybridized carbons (Fsp3) is 0.214. The van der Waals surface area contributed by atoms with Gasteiger partial charge in [-0.15, -0.1) is 0 Å². The van der Waals surface area contributed by atoms with Crippen LogP contribution >= 0.6 is 23.2 Å². The molecule has 1 heterocycles. The zero-order valence-corrected chi connectivity index (χ0v) is 13.3. The van der Waals surface area contributed by atoms with Gasteiger partial charge in [0.15, 0.2) is 0 Å². The van der Waals surface area contributed by atoms with Gasteiger partial charge < -0.3 is 15.4 Å². The molecular weight excluding hydrogens is 327 g/mol. The van der Waals surface area contributed by atoms with Crippen molar-refractivity contribution >= 4 is 40.6 Å². The van der Waals surface area contributed by atoms with Gasteiger partial charge in [0.1, 0.15) is 11.5 Å². The Balaban J connectivity index is 2.00. The number of carbonyl (C=O) groups is 1. The maximum absolute atomic E-state index is 12.1. The number of benzene rings is 1. The van der Waals surface area contributed by atoms with Gasteiger partial charge in [-0.05, 0) is 18.2 Å². The van der Waals surface area contributed by atoms with E-state index in [1.54, 1.807) is 25.3 Å². The first-order chi connectivity index (χ1) is 10.6. The predicted molar refractivity (Wildman–Crippen MR) is 86.8 cm³/mol. The van der Waals surface area contributed by atoms with E-state index >= 15 is 0 Å². The molecule has 2 rings (SSSR count). The van der Waals surface area contributed by atoms with Crippen LogP contribution in [0.15, 0.2) is 30.6 Å². The van der Waals surface area contributed by atoms with Gasteiger partial charge in [0.25, 0.3) is 5.91 Å². The van der Waals surface area contributed by atoms with Gasteiger partial charge >= 0.3 is 0 Å². The number of anilines is 2. The highest BCUT2D eigenvalue weighted by Crippen LogP contribution is 2.22. The van der Waals surface area contributed by atoms with E-state index in [2.05, 4.69) is 20.6 Å². The summed E-state index contributed by atoms with van der Waals surface area (Å²) in [6.07, 6.45) is 2.87. The van der Waals surface area contributed by atoms with E-state index in [9.17, 15) is 4.79 Å². The maximum atomic E-state index is 12.1. The minimum Gasteiger partial charge on any atom is -0.383 e. The van der Waals surface area contributed by atoms with Gasteiger partial charge in [-0.3, -0.25) is 4.79 Å². The highest BCUT2D eigenvalue weighted by Gasteiger charge is 2.09. The topological polar surface area (TPSA) is 76.1 Å². The third kappa shape index (κ3) is 4.84. The molecule has 0 bridgehead atoms. The van der Waals surface area contributed by atoms with E-state index in [4.69, 9.17) is 27.9 Å². The second-order valence-electron chi connectivity index (χ2n) is 4.32. The van der Waals surface area contributed by atoms with E-state index in [1.165, 1.54) is 12.4 Å². The Morgan fingerprint density at radius 1 is 1.18 bits per heavy atom. The van der Waals surface area contributed by atoms with Crippen LogP contribution in [0.2, 0.25) is 10.0 Å². The average molecular weight is 341 g/mol. The van der Waals surface area contributed by atoms with Crippen molar-refractivity contribution in [2.24, 2.45) is 0 Å². The summed E-state index contributed by atoms with van der Waals surface area (Å²) in [5.74, 6) is 0.175. The lowest BCUT2D eigenvalue weighted by molar-refractivity contribution is 0.102. The van der Waals surface area contributed by atoms with Gasteiger partial charge in [0, 0.05) is 29.4 Å². The standard InChI is InChI=1S/C14H14Cl2N4O2/c1-22-3-2-17-13-8-18-12(7-19-13)14(21)20-11-5-9(15)4-10(16)6-11/h4-8H,2-3H2,1H3,(H,17,19)(H,20,21). The van der Waals surface area contributed by atoms with Gasteiger partial charge in [-0.25, -0.2) is 9.97 Å². The summed E-state index contributed by atoms with van der Waals surface area (Å²) in [6.45, 7) is 1.16. The Morgan fingerprint density at radius 2 is 1.91 bits per heavy atom. The zero-order chi connectivity index (χ0) is 15.9. The number of nitrogens with zero attached hydrogens (tertiary/aromatic N) is 2. The first-order valence-electron chi connectivity index (χ1n) is 6.41. The summed E-state index contributed by atoms with van der Waals surface area (Å²) in [4.78, 5) is 20.2. The first kappa shape index (κ1) is 16.5. The van der Waals surface area contributed by atoms with Crippen molar-refractivity contribution in [3.63, 3.8) is 0 Å². The number of ether oxygens (including phenoxy) is 1. The summed E-state index contributed by atoms with van der Waals surface area (Å²) in [5.41, 5.74) is 0.681. The van der Waals surface area contributed by atoms with Crippen LogP contribution in [-0.4, -0.2) is 36.1 Å². The Labute approximate surface area is 137 Å². The zero-order valence-electron chi connectivity index (χ0n) is 11.8. The molecule has 6 nitrogen and oxygen atoms in total.